The molecule has 0 spiro atoms. The number of carbonyl (C=O) groups is 3. The minimum atomic E-state index is -1.90. The predicted molar refractivity (Wildman–Crippen MR) is 99.7 cm³/mol. The fourth-order valence-corrected chi connectivity index (χ4v) is 3.04. The van der Waals surface area contributed by atoms with E-state index in [0.717, 1.165) is 6.92 Å². The molecule has 0 radical (unpaired) electrons. The Morgan fingerprint density at radius 3 is 1.10 bits per heavy atom. The molecule has 3 saturated heterocycles. The third-order valence-electron chi connectivity index (χ3n) is 5.05. The molecule has 3 fully saturated rings. The van der Waals surface area contributed by atoms with Crippen LogP contribution in [0.4, 0.5) is 13.2 Å². The number of aliphatic hydroxyl groups is 1. The third kappa shape index (κ3) is 6.85. The fourth-order valence-electron chi connectivity index (χ4n) is 3.04. The highest BCUT2D eigenvalue weighted by Gasteiger charge is 2.46. The van der Waals surface area contributed by atoms with Gasteiger partial charge in [-0.1, -0.05) is 13.8 Å². The number of carbonyl (C=O) groups excluding carboxylic acids is 3. The molecule has 7 nitrogen and oxygen atoms in total. The van der Waals surface area contributed by atoms with Crippen LogP contribution in [0.3, 0.4) is 0 Å². The molecule has 10 heteroatoms. The van der Waals surface area contributed by atoms with Crippen LogP contribution in [-0.2, 0) is 28.6 Å². The number of esters is 3. The molecule has 3 aliphatic rings. The standard InChI is InChI=1S/2C7H11FO2.C6H9FO3/c2*1-3-5-4-7(2,8)6(9)10-5;1-6(7)2-4(3-8)10-5(6)9/h2*5H,3-4H2,1-2H3;4,8H,2-3H2,1H3/t2*5?,7-;4?,6-/m111/s1. The van der Waals surface area contributed by atoms with Gasteiger partial charge in [-0.15, -0.1) is 0 Å². The number of ether oxygens (including phenoxy) is 3. The predicted octanol–water partition coefficient (Wildman–Crippen LogP) is 2.90. The van der Waals surface area contributed by atoms with Crippen molar-refractivity contribution in [2.24, 2.45) is 0 Å². The van der Waals surface area contributed by atoms with E-state index in [4.69, 9.17) is 14.6 Å². The lowest BCUT2D eigenvalue weighted by Gasteiger charge is -2.04. The van der Waals surface area contributed by atoms with Crippen molar-refractivity contribution < 1.29 is 46.9 Å². The molecule has 0 aliphatic carbocycles. The molecule has 174 valence electrons. The summed E-state index contributed by atoms with van der Waals surface area (Å²) in [7, 11) is 0. The molecule has 1 N–H and O–H groups in total. The highest BCUT2D eigenvalue weighted by molar-refractivity contribution is 5.81. The first kappa shape index (κ1) is 26.2. The highest BCUT2D eigenvalue weighted by Crippen LogP contribution is 2.31. The van der Waals surface area contributed by atoms with Crippen molar-refractivity contribution in [2.45, 2.75) is 102 Å². The molecule has 3 rings (SSSR count). The number of hydrogen-bond donors (Lipinski definition) is 1. The first-order valence-electron chi connectivity index (χ1n) is 9.99. The summed E-state index contributed by atoms with van der Waals surface area (Å²) >= 11 is 0. The third-order valence-corrected chi connectivity index (χ3v) is 5.05. The molecule has 0 aromatic heterocycles. The number of aliphatic hydroxyl groups excluding tert-OH is 1. The van der Waals surface area contributed by atoms with Gasteiger partial charge in [-0.2, -0.15) is 0 Å². The molecule has 0 amide bonds. The molecule has 30 heavy (non-hydrogen) atoms. The van der Waals surface area contributed by atoms with Gasteiger partial charge in [0, 0.05) is 19.3 Å². The summed E-state index contributed by atoms with van der Waals surface area (Å²) in [6.07, 6.45) is 0.719. The maximum atomic E-state index is 13.0. The number of hydrogen-bond acceptors (Lipinski definition) is 7. The Hall–Kier alpha value is -1.84. The average Bonchev–Trinajstić information content (AvgIpc) is 3.19. The maximum absolute atomic E-state index is 13.0. The van der Waals surface area contributed by atoms with Gasteiger partial charge in [-0.25, -0.2) is 27.6 Å². The molecule has 6 atom stereocenters. The Labute approximate surface area is 174 Å². The zero-order chi connectivity index (χ0) is 23.3. The normalized spacial score (nSPS) is 39.9. The lowest BCUT2D eigenvalue weighted by atomic mass is 10.0. The van der Waals surface area contributed by atoms with Crippen LogP contribution >= 0.6 is 0 Å². The van der Waals surface area contributed by atoms with Crippen LogP contribution < -0.4 is 0 Å². The minimum absolute atomic E-state index is 0.0394. The zero-order valence-corrected chi connectivity index (χ0v) is 18.0. The Balaban J connectivity index is 0.000000225. The number of cyclic esters (lactones) is 3. The van der Waals surface area contributed by atoms with Gasteiger partial charge in [0.1, 0.15) is 18.3 Å². The van der Waals surface area contributed by atoms with Crippen LogP contribution in [0.2, 0.25) is 0 Å². The summed E-state index contributed by atoms with van der Waals surface area (Å²) in [4.78, 5) is 31.9. The lowest BCUT2D eigenvalue weighted by Crippen LogP contribution is -2.23. The second-order valence-electron chi connectivity index (χ2n) is 8.29. The summed E-state index contributed by atoms with van der Waals surface area (Å²) in [5, 5.41) is 8.47. The molecule has 0 aromatic rings. The van der Waals surface area contributed by atoms with Crippen LogP contribution in [0, 0.1) is 0 Å². The van der Waals surface area contributed by atoms with Crippen molar-refractivity contribution in [3.63, 3.8) is 0 Å². The van der Waals surface area contributed by atoms with E-state index < -0.39 is 41.0 Å². The van der Waals surface area contributed by atoms with Crippen LogP contribution in [-0.4, -0.2) is 64.9 Å². The summed E-state index contributed by atoms with van der Waals surface area (Å²) in [6.45, 7) is 7.14. The minimum Gasteiger partial charge on any atom is -0.460 e. The van der Waals surface area contributed by atoms with E-state index in [1.807, 2.05) is 13.8 Å². The van der Waals surface area contributed by atoms with Gasteiger partial charge in [0.05, 0.1) is 6.61 Å². The van der Waals surface area contributed by atoms with Gasteiger partial charge in [0.25, 0.3) is 0 Å². The van der Waals surface area contributed by atoms with Crippen molar-refractivity contribution in [1.82, 2.24) is 0 Å². The van der Waals surface area contributed by atoms with Gasteiger partial charge in [0.2, 0.25) is 17.0 Å². The van der Waals surface area contributed by atoms with E-state index in [1.54, 1.807) is 0 Å². The number of alkyl halides is 3. The molecule has 3 unspecified atom stereocenters. The zero-order valence-electron chi connectivity index (χ0n) is 18.0. The highest BCUT2D eigenvalue weighted by atomic mass is 19.2. The number of rotatable bonds is 3. The fraction of sp³-hybridized carbons (Fsp3) is 0.850. The Bertz CT molecular complexity index is 548. The van der Waals surface area contributed by atoms with E-state index in [9.17, 15) is 27.6 Å². The smallest absolute Gasteiger partial charge is 0.344 e. The summed E-state index contributed by atoms with van der Waals surface area (Å²) < 4.78 is 52.7. The SMILES string of the molecule is CCC1C[C@@](C)(F)C(=O)O1.CCC1C[C@@](C)(F)C(=O)O1.C[C@@]1(F)CC(CO)OC1=O. The molecule has 0 aromatic carbocycles. The second-order valence-corrected chi connectivity index (χ2v) is 8.29. The second kappa shape index (κ2) is 9.98. The van der Waals surface area contributed by atoms with Crippen molar-refractivity contribution in [2.75, 3.05) is 6.61 Å². The molecular weight excluding hydrogens is 409 g/mol. The van der Waals surface area contributed by atoms with E-state index in [0.29, 0.717) is 12.8 Å². The van der Waals surface area contributed by atoms with Crippen LogP contribution in [0.25, 0.3) is 0 Å². The average molecular weight is 440 g/mol. The summed E-state index contributed by atoms with van der Waals surface area (Å²) in [6, 6.07) is 0. The molecular formula is C20H31F3O7. The summed E-state index contributed by atoms with van der Waals surface area (Å²) in [5.41, 5.74) is -5.37. The van der Waals surface area contributed by atoms with Gasteiger partial charge in [-0.3, -0.25) is 0 Å². The van der Waals surface area contributed by atoms with E-state index >= 15 is 0 Å². The molecule has 0 saturated carbocycles. The van der Waals surface area contributed by atoms with Gasteiger partial charge in [0.15, 0.2) is 0 Å². The van der Waals surface area contributed by atoms with E-state index in [-0.39, 0.29) is 38.1 Å². The van der Waals surface area contributed by atoms with Crippen molar-refractivity contribution in [3.05, 3.63) is 0 Å². The van der Waals surface area contributed by atoms with Crippen LogP contribution in [0.15, 0.2) is 0 Å². The van der Waals surface area contributed by atoms with E-state index in [1.165, 1.54) is 13.8 Å². The van der Waals surface area contributed by atoms with Gasteiger partial charge < -0.3 is 19.3 Å². The Morgan fingerprint density at radius 1 is 0.733 bits per heavy atom. The monoisotopic (exact) mass is 440 g/mol. The van der Waals surface area contributed by atoms with Crippen LogP contribution in [0.1, 0.15) is 66.7 Å². The molecule has 0 bridgehead atoms. The number of halogens is 3. The lowest BCUT2D eigenvalue weighted by molar-refractivity contribution is -0.150. The topological polar surface area (TPSA) is 99.1 Å². The largest absolute Gasteiger partial charge is 0.460 e. The van der Waals surface area contributed by atoms with Crippen molar-refractivity contribution in [3.8, 4) is 0 Å². The van der Waals surface area contributed by atoms with Gasteiger partial charge in [-0.05, 0) is 33.6 Å². The first-order valence-corrected chi connectivity index (χ1v) is 9.99. The Kier molecular flexibility index (Phi) is 8.71. The Morgan fingerprint density at radius 2 is 1.00 bits per heavy atom. The van der Waals surface area contributed by atoms with Crippen LogP contribution in [0.5, 0.6) is 0 Å². The summed E-state index contributed by atoms with van der Waals surface area (Å²) in [5.74, 6) is -2.29. The van der Waals surface area contributed by atoms with Crippen molar-refractivity contribution >= 4 is 17.9 Å². The maximum Gasteiger partial charge on any atom is 0.344 e. The quantitative estimate of drug-likeness (QED) is 0.532. The van der Waals surface area contributed by atoms with Gasteiger partial charge >= 0.3 is 17.9 Å². The molecule has 3 aliphatic heterocycles. The van der Waals surface area contributed by atoms with E-state index in [2.05, 4.69) is 4.74 Å². The molecule has 3 heterocycles. The first-order chi connectivity index (χ1) is 13.7. The van der Waals surface area contributed by atoms with Crippen molar-refractivity contribution in [1.29, 1.82) is 0 Å².